The summed E-state index contributed by atoms with van der Waals surface area (Å²) in [6, 6.07) is 8.30. The topological polar surface area (TPSA) is 88.0 Å². The predicted octanol–water partition coefficient (Wildman–Crippen LogP) is 1.48. The molecule has 2 aromatic rings. The zero-order chi connectivity index (χ0) is 13.0. The molecule has 0 radical (unpaired) electrons. The monoisotopic (exact) mass is 284 g/mol. The highest BCUT2D eigenvalue weighted by atomic mass is 35.5. The minimum atomic E-state index is -2.48. The van der Waals surface area contributed by atoms with E-state index in [0.29, 0.717) is 5.56 Å². The van der Waals surface area contributed by atoms with E-state index in [1.807, 2.05) is 0 Å². The van der Waals surface area contributed by atoms with Gasteiger partial charge in [0.15, 0.2) is 5.44 Å². The summed E-state index contributed by atoms with van der Waals surface area (Å²) in [4.78, 5) is 10.9. The van der Waals surface area contributed by atoms with Crippen molar-refractivity contribution in [3.05, 3.63) is 47.5 Å². The van der Waals surface area contributed by atoms with Crippen LogP contribution in [0, 0.1) is 0 Å². The van der Waals surface area contributed by atoms with Crippen LogP contribution in [0.4, 0.5) is 0 Å². The van der Waals surface area contributed by atoms with Crippen molar-refractivity contribution in [1.29, 1.82) is 0 Å². The highest BCUT2D eigenvalue weighted by Gasteiger charge is 2.15. The maximum Gasteiger partial charge on any atom is 0.322 e. The lowest BCUT2D eigenvalue weighted by atomic mass is 10.2. The van der Waals surface area contributed by atoms with Crippen LogP contribution in [0.5, 0.6) is 6.01 Å². The molecule has 6 nitrogen and oxygen atoms in total. The van der Waals surface area contributed by atoms with Crippen molar-refractivity contribution in [1.82, 2.24) is 15.0 Å². The molecule has 0 bridgehead atoms. The normalized spacial score (nSPS) is 13.9. The van der Waals surface area contributed by atoms with Gasteiger partial charge in [-0.05, 0) is 22.7 Å². The Bertz CT molecular complexity index is 555. The Balaban J connectivity index is 2.25. The molecule has 0 N–H and O–H groups in total. The Labute approximate surface area is 110 Å². The first-order chi connectivity index (χ1) is 8.66. The minimum Gasteiger partial charge on any atom is -0.769 e. The third kappa shape index (κ3) is 3.22. The van der Waals surface area contributed by atoms with Crippen LogP contribution < -0.4 is 4.74 Å². The summed E-state index contributed by atoms with van der Waals surface area (Å²) in [5, 5.41) is -0.0662. The van der Waals surface area contributed by atoms with Gasteiger partial charge in [0.1, 0.15) is 6.33 Å². The maximum absolute atomic E-state index is 11.2. The van der Waals surface area contributed by atoms with Crippen molar-refractivity contribution < 1.29 is 13.5 Å². The lowest BCUT2D eigenvalue weighted by Gasteiger charge is -2.20. The van der Waals surface area contributed by atoms with Crippen LogP contribution in [0.15, 0.2) is 36.7 Å². The van der Waals surface area contributed by atoms with Crippen molar-refractivity contribution in [2.24, 2.45) is 0 Å². The quantitative estimate of drug-likeness (QED) is 0.790. The molecule has 0 spiro atoms. The van der Waals surface area contributed by atoms with Gasteiger partial charge < -0.3 is 9.29 Å². The van der Waals surface area contributed by atoms with E-state index >= 15 is 0 Å². The molecule has 0 saturated carbocycles. The van der Waals surface area contributed by atoms with E-state index in [1.165, 1.54) is 0 Å². The van der Waals surface area contributed by atoms with Crippen molar-refractivity contribution in [3.63, 3.8) is 0 Å². The summed E-state index contributed by atoms with van der Waals surface area (Å²) in [7, 11) is 0. The van der Waals surface area contributed by atoms with Gasteiger partial charge in [-0.25, -0.2) is 4.98 Å². The molecule has 2 rings (SSSR count). The Morgan fingerprint density at radius 2 is 2.00 bits per heavy atom. The highest BCUT2D eigenvalue weighted by Crippen LogP contribution is 2.21. The van der Waals surface area contributed by atoms with Crippen LogP contribution in [-0.4, -0.2) is 23.7 Å². The van der Waals surface area contributed by atoms with Gasteiger partial charge in [0.05, 0.1) is 0 Å². The lowest BCUT2D eigenvalue weighted by molar-refractivity contribution is 0.251. The second-order valence-electron chi connectivity index (χ2n) is 3.16. The summed E-state index contributed by atoms with van der Waals surface area (Å²) >= 11 is 3.08. The summed E-state index contributed by atoms with van der Waals surface area (Å²) < 4.78 is 27.5. The molecule has 1 aromatic carbocycles. The third-order valence-electron chi connectivity index (χ3n) is 1.98. The molecule has 0 aliphatic heterocycles. The zero-order valence-corrected chi connectivity index (χ0v) is 10.5. The van der Waals surface area contributed by atoms with E-state index in [9.17, 15) is 8.76 Å². The van der Waals surface area contributed by atoms with Crippen LogP contribution >= 0.6 is 11.6 Å². The fourth-order valence-electron chi connectivity index (χ4n) is 1.24. The number of halogens is 1. The molecular weight excluding hydrogens is 278 g/mol. The molecule has 2 atom stereocenters. The summed E-state index contributed by atoms with van der Waals surface area (Å²) in [5.41, 5.74) is -0.716. The van der Waals surface area contributed by atoms with E-state index in [-0.39, 0.29) is 11.3 Å². The first-order valence-electron chi connectivity index (χ1n) is 4.81. The summed E-state index contributed by atoms with van der Waals surface area (Å²) in [6.45, 7) is 0. The Hall–Kier alpha value is -1.57. The zero-order valence-electron chi connectivity index (χ0n) is 8.89. The molecule has 8 heteroatoms. The van der Waals surface area contributed by atoms with E-state index in [2.05, 4.69) is 15.0 Å². The third-order valence-corrected chi connectivity index (χ3v) is 2.88. The van der Waals surface area contributed by atoms with E-state index < -0.39 is 16.5 Å². The predicted molar refractivity (Wildman–Crippen MR) is 63.6 cm³/mol. The minimum absolute atomic E-state index is 0.0662. The van der Waals surface area contributed by atoms with Crippen LogP contribution in [0.2, 0.25) is 5.28 Å². The average Bonchev–Trinajstić information content (AvgIpc) is 2.37. The smallest absolute Gasteiger partial charge is 0.322 e. The maximum atomic E-state index is 11.2. The molecule has 0 aliphatic rings. The molecule has 0 amide bonds. The van der Waals surface area contributed by atoms with Crippen LogP contribution in [-0.2, 0) is 11.1 Å². The Morgan fingerprint density at radius 3 is 2.61 bits per heavy atom. The van der Waals surface area contributed by atoms with Crippen molar-refractivity contribution in [2.45, 2.75) is 5.44 Å². The second kappa shape index (κ2) is 5.85. The van der Waals surface area contributed by atoms with Gasteiger partial charge in [0.2, 0.25) is 5.28 Å². The number of hydrogen-bond acceptors (Lipinski definition) is 6. The van der Waals surface area contributed by atoms with Gasteiger partial charge in [0, 0.05) is 5.56 Å². The standard InChI is InChI=1S/C10H8ClN3O3S/c11-9-12-6-13-10(14-9)17-8(18(15)16)7-4-2-1-3-5-7/h1-6,8H,(H,15,16)/p-1. The van der Waals surface area contributed by atoms with Crippen LogP contribution in [0.25, 0.3) is 0 Å². The highest BCUT2D eigenvalue weighted by molar-refractivity contribution is 7.79. The SMILES string of the molecule is O=S([O-])C(Oc1ncnc(Cl)n1)c1ccccc1. The molecule has 2 unspecified atom stereocenters. The first kappa shape index (κ1) is 12.9. The van der Waals surface area contributed by atoms with Crippen LogP contribution in [0.3, 0.4) is 0 Å². The van der Waals surface area contributed by atoms with Gasteiger partial charge in [0.25, 0.3) is 0 Å². The summed E-state index contributed by atoms with van der Waals surface area (Å²) in [5.74, 6) is 0. The molecule has 0 aliphatic carbocycles. The van der Waals surface area contributed by atoms with Crippen molar-refractivity contribution in [2.75, 3.05) is 0 Å². The van der Waals surface area contributed by atoms with Gasteiger partial charge in [-0.3, -0.25) is 4.21 Å². The first-order valence-corrected chi connectivity index (χ1v) is 6.32. The largest absolute Gasteiger partial charge is 0.769 e. The number of nitrogens with zero attached hydrogens (tertiary/aromatic N) is 3. The lowest BCUT2D eigenvalue weighted by Crippen LogP contribution is -2.15. The number of ether oxygens (including phenoxy) is 1. The Morgan fingerprint density at radius 1 is 1.28 bits per heavy atom. The van der Waals surface area contributed by atoms with E-state index in [1.54, 1.807) is 30.3 Å². The Kier molecular flexibility index (Phi) is 4.19. The van der Waals surface area contributed by atoms with Gasteiger partial charge in [-0.15, -0.1) is 0 Å². The van der Waals surface area contributed by atoms with E-state index in [0.717, 1.165) is 6.33 Å². The molecule has 0 fully saturated rings. The van der Waals surface area contributed by atoms with Crippen LogP contribution in [0.1, 0.15) is 11.0 Å². The molecule has 18 heavy (non-hydrogen) atoms. The number of hydrogen-bond donors (Lipinski definition) is 0. The fourth-order valence-corrected chi connectivity index (χ4v) is 1.90. The van der Waals surface area contributed by atoms with Gasteiger partial charge in [-0.1, -0.05) is 30.3 Å². The van der Waals surface area contributed by atoms with Crippen molar-refractivity contribution >= 4 is 22.7 Å². The molecule has 1 aromatic heterocycles. The van der Waals surface area contributed by atoms with E-state index in [4.69, 9.17) is 16.3 Å². The number of benzene rings is 1. The van der Waals surface area contributed by atoms with Crippen molar-refractivity contribution in [3.8, 4) is 6.01 Å². The average molecular weight is 285 g/mol. The molecule has 0 saturated heterocycles. The fraction of sp³-hybridized carbons (Fsp3) is 0.100. The molecule has 1 heterocycles. The van der Waals surface area contributed by atoms with Gasteiger partial charge >= 0.3 is 6.01 Å². The van der Waals surface area contributed by atoms with Gasteiger partial charge in [-0.2, -0.15) is 9.97 Å². The molecular formula is C10H7ClN3O3S-. The number of rotatable bonds is 4. The second-order valence-corrected chi connectivity index (χ2v) is 4.45. The molecule has 94 valence electrons. The summed E-state index contributed by atoms with van der Waals surface area (Å²) in [6.07, 6.45) is 1.14. The number of aromatic nitrogens is 3.